The van der Waals surface area contributed by atoms with Crippen molar-refractivity contribution < 1.29 is 22.7 Å². The Hall–Kier alpha value is -1.76. The molecule has 0 aliphatic carbocycles. The van der Waals surface area contributed by atoms with Crippen molar-refractivity contribution in [3.8, 4) is 0 Å². The van der Waals surface area contributed by atoms with Gasteiger partial charge in [0.1, 0.15) is 12.4 Å². The predicted molar refractivity (Wildman–Crippen MR) is 65.1 cm³/mol. The molecule has 0 atom stereocenters. The summed E-state index contributed by atoms with van der Waals surface area (Å²) >= 11 is 0. The molecule has 7 heteroatoms. The number of carbonyl (C=O) groups excluding carboxylic acids is 1. The molecule has 0 saturated heterocycles. The second kappa shape index (κ2) is 7.63. The Labute approximate surface area is 108 Å². The molecule has 0 radical (unpaired) electrons. The molecule has 0 aliphatic rings. The fourth-order valence-electron chi connectivity index (χ4n) is 1.47. The van der Waals surface area contributed by atoms with Crippen LogP contribution in [-0.2, 0) is 4.74 Å². The summed E-state index contributed by atoms with van der Waals surface area (Å²) in [5.74, 6) is -1.03. The standard InChI is InChI=1S/C12H15F3N2O2/c1-16-11-8(3-2-4-9(11)13)12(18)17-5-6-19-7-10(14)15/h2-4,10,16H,5-7H2,1H3,(H,17,18). The van der Waals surface area contributed by atoms with Crippen LogP contribution >= 0.6 is 0 Å². The summed E-state index contributed by atoms with van der Waals surface area (Å²) < 4.78 is 41.5. The molecule has 0 fully saturated rings. The molecule has 0 heterocycles. The molecular weight excluding hydrogens is 261 g/mol. The molecule has 1 aromatic carbocycles. The van der Waals surface area contributed by atoms with E-state index in [0.29, 0.717) is 0 Å². The number of hydrogen-bond donors (Lipinski definition) is 2. The number of rotatable bonds is 7. The van der Waals surface area contributed by atoms with Crippen LogP contribution in [0.25, 0.3) is 0 Å². The zero-order valence-electron chi connectivity index (χ0n) is 10.4. The van der Waals surface area contributed by atoms with Gasteiger partial charge in [0.05, 0.1) is 17.9 Å². The van der Waals surface area contributed by atoms with Crippen LogP contribution in [0.3, 0.4) is 0 Å². The van der Waals surface area contributed by atoms with E-state index in [2.05, 4.69) is 15.4 Å². The lowest BCUT2D eigenvalue weighted by Gasteiger charge is -2.10. The molecule has 1 rings (SSSR count). The van der Waals surface area contributed by atoms with Gasteiger partial charge in [-0.3, -0.25) is 4.79 Å². The van der Waals surface area contributed by atoms with E-state index in [9.17, 15) is 18.0 Å². The van der Waals surface area contributed by atoms with Crippen LogP contribution in [0.15, 0.2) is 18.2 Å². The van der Waals surface area contributed by atoms with Gasteiger partial charge < -0.3 is 15.4 Å². The lowest BCUT2D eigenvalue weighted by atomic mass is 10.1. The van der Waals surface area contributed by atoms with E-state index >= 15 is 0 Å². The molecule has 106 valence electrons. The molecule has 2 N–H and O–H groups in total. The van der Waals surface area contributed by atoms with Crippen LogP contribution in [-0.4, -0.2) is 39.1 Å². The van der Waals surface area contributed by atoms with Crippen LogP contribution < -0.4 is 10.6 Å². The highest BCUT2D eigenvalue weighted by atomic mass is 19.3. The van der Waals surface area contributed by atoms with E-state index in [1.165, 1.54) is 25.2 Å². The molecular formula is C12H15F3N2O2. The molecule has 0 unspecified atom stereocenters. The minimum atomic E-state index is -2.53. The second-order valence-electron chi connectivity index (χ2n) is 3.63. The number of carbonyl (C=O) groups is 1. The molecule has 0 saturated carbocycles. The van der Waals surface area contributed by atoms with Crippen molar-refractivity contribution in [3.05, 3.63) is 29.6 Å². The minimum Gasteiger partial charge on any atom is -0.385 e. The summed E-state index contributed by atoms with van der Waals surface area (Å²) in [5, 5.41) is 5.05. The zero-order valence-corrected chi connectivity index (χ0v) is 10.4. The van der Waals surface area contributed by atoms with Gasteiger partial charge in [-0.05, 0) is 12.1 Å². The van der Waals surface area contributed by atoms with Crippen molar-refractivity contribution in [1.29, 1.82) is 0 Å². The Morgan fingerprint density at radius 3 is 2.79 bits per heavy atom. The first-order chi connectivity index (χ1) is 9.06. The van der Waals surface area contributed by atoms with Gasteiger partial charge in [0.15, 0.2) is 0 Å². The largest absolute Gasteiger partial charge is 0.385 e. The SMILES string of the molecule is CNc1c(F)cccc1C(=O)NCCOCC(F)F. The third-order valence-electron chi connectivity index (χ3n) is 2.28. The van der Waals surface area contributed by atoms with E-state index in [1.807, 2.05) is 0 Å². The number of hydrogen-bond acceptors (Lipinski definition) is 3. The summed E-state index contributed by atoms with van der Waals surface area (Å²) in [6, 6.07) is 4.11. The number of ether oxygens (including phenoxy) is 1. The fourth-order valence-corrected chi connectivity index (χ4v) is 1.47. The highest BCUT2D eigenvalue weighted by Gasteiger charge is 2.13. The van der Waals surface area contributed by atoms with Gasteiger partial charge in [0.2, 0.25) is 0 Å². The Balaban J connectivity index is 2.48. The van der Waals surface area contributed by atoms with Crippen molar-refractivity contribution in [2.45, 2.75) is 6.43 Å². The third-order valence-corrected chi connectivity index (χ3v) is 2.28. The van der Waals surface area contributed by atoms with Crippen molar-refractivity contribution in [3.63, 3.8) is 0 Å². The Morgan fingerprint density at radius 2 is 2.16 bits per heavy atom. The summed E-state index contributed by atoms with van der Waals surface area (Å²) in [5.41, 5.74) is 0.241. The van der Waals surface area contributed by atoms with Crippen LogP contribution in [0, 0.1) is 5.82 Å². The van der Waals surface area contributed by atoms with Crippen LogP contribution in [0.2, 0.25) is 0 Å². The fraction of sp³-hybridized carbons (Fsp3) is 0.417. The highest BCUT2D eigenvalue weighted by Crippen LogP contribution is 2.18. The van der Waals surface area contributed by atoms with E-state index in [-0.39, 0.29) is 24.4 Å². The molecule has 1 amide bonds. The molecule has 19 heavy (non-hydrogen) atoms. The number of halogens is 3. The van der Waals surface area contributed by atoms with Gasteiger partial charge in [-0.15, -0.1) is 0 Å². The second-order valence-corrected chi connectivity index (χ2v) is 3.63. The Kier molecular flexibility index (Phi) is 6.14. The normalized spacial score (nSPS) is 10.6. The lowest BCUT2D eigenvalue weighted by Crippen LogP contribution is -2.28. The van der Waals surface area contributed by atoms with E-state index < -0.39 is 24.8 Å². The Morgan fingerprint density at radius 1 is 1.42 bits per heavy atom. The van der Waals surface area contributed by atoms with E-state index in [1.54, 1.807) is 0 Å². The van der Waals surface area contributed by atoms with Gasteiger partial charge in [0.25, 0.3) is 12.3 Å². The van der Waals surface area contributed by atoms with Crippen LogP contribution in [0.5, 0.6) is 0 Å². The maximum absolute atomic E-state index is 13.4. The number of anilines is 1. The van der Waals surface area contributed by atoms with Gasteiger partial charge in [0, 0.05) is 13.6 Å². The smallest absolute Gasteiger partial charge is 0.261 e. The predicted octanol–water partition coefficient (Wildman–Crippen LogP) is 1.88. The number of alkyl halides is 2. The summed E-state index contributed by atoms with van der Waals surface area (Å²) in [7, 11) is 1.50. The first-order valence-corrected chi connectivity index (χ1v) is 5.66. The average Bonchev–Trinajstić information content (AvgIpc) is 2.37. The number of nitrogens with one attached hydrogen (secondary N) is 2. The summed E-state index contributed by atoms with van der Waals surface area (Å²) in [6.45, 7) is -0.622. The number of benzene rings is 1. The van der Waals surface area contributed by atoms with Crippen LogP contribution in [0.4, 0.5) is 18.9 Å². The minimum absolute atomic E-state index is 0.0275. The highest BCUT2D eigenvalue weighted by molar-refractivity contribution is 5.99. The van der Waals surface area contributed by atoms with E-state index in [4.69, 9.17) is 0 Å². The van der Waals surface area contributed by atoms with Gasteiger partial charge >= 0.3 is 0 Å². The lowest BCUT2D eigenvalue weighted by molar-refractivity contribution is 0.0188. The van der Waals surface area contributed by atoms with Gasteiger partial charge in [-0.1, -0.05) is 6.07 Å². The van der Waals surface area contributed by atoms with Crippen LogP contribution in [0.1, 0.15) is 10.4 Å². The first kappa shape index (κ1) is 15.3. The first-order valence-electron chi connectivity index (χ1n) is 5.66. The number of amides is 1. The molecule has 0 bridgehead atoms. The molecule has 1 aromatic rings. The molecule has 0 aliphatic heterocycles. The molecule has 0 aromatic heterocycles. The quantitative estimate of drug-likeness (QED) is 0.748. The topological polar surface area (TPSA) is 50.4 Å². The maximum atomic E-state index is 13.4. The summed E-state index contributed by atoms with van der Waals surface area (Å²) in [4.78, 5) is 11.8. The van der Waals surface area contributed by atoms with Gasteiger partial charge in [-0.25, -0.2) is 13.2 Å². The van der Waals surface area contributed by atoms with E-state index in [0.717, 1.165) is 0 Å². The maximum Gasteiger partial charge on any atom is 0.261 e. The monoisotopic (exact) mass is 276 g/mol. The zero-order chi connectivity index (χ0) is 14.3. The third kappa shape index (κ3) is 4.78. The molecule has 0 spiro atoms. The van der Waals surface area contributed by atoms with Crippen molar-refractivity contribution >= 4 is 11.6 Å². The average molecular weight is 276 g/mol. The van der Waals surface area contributed by atoms with Crippen molar-refractivity contribution in [2.24, 2.45) is 0 Å². The van der Waals surface area contributed by atoms with Crippen molar-refractivity contribution in [1.82, 2.24) is 5.32 Å². The van der Waals surface area contributed by atoms with Crippen molar-refractivity contribution in [2.75, 3.05) is 32.1 Å². The Bertz CT molecular complexity index is 427. The summed E-state index contributed by atoms with van der Waals surface area (Å²) in [6.07, 6.45) is -2.53. The molecule has 4 nitrogen and oxygen atoms in total. The van der Waals surface area contributed by atoms with Gasteiger partial charge in [-0.2, -0.15) is 0 Å². The number of para-hydroxylation sites is 1.